The third kappa shape index (κ3) is 5.50. The van der Waals surface area contributed by atoms with Crippen LogP contribution in [0.5, 0.6) is 23.0 Å². The van der Waals surface area contributed by atoms with Crippen molar-refractivity contribution in [2.45, 2.75) is 6.92 Å². The van der Waals surface area contributed by atoms with Gasteiger partial charge in [-0.2, -0.15) is 0 Å². The highest BCUT2D eigenvalue weighted by molar-refractivity contribution is 6.13. The number of esters is 2. The lowest BCUT2D eigenvalue weighted by atomic mass is 10.1. The number of carbonyl (C=O) groups excluding carboxylic acids is 2. The van der Waals surface area contributed by atoms with Gasteiger partial charge in [0.15, 0.2) is 17.2 Å². The van der Waals surface area contributed by atoms with E-state index in [1.54, 1.807) is 87.0 Å². The second kappa shape index (κ2) is 10.6. The van der Waals surface area contributed by atoms with Gasteiger partial charge in [0.2, 0.25) is 5.90 Å². The molecule has 0 bridgehead atoms. The van der Waals surface area contributed by atoms with Crippen LogP contribution in [-0.4, -0.2) is 38.7 Å². The van der Waals surface area contributed by atoms with E-state index < -0.39 is 11.9 Å². The monoisotopic (exact) mass is 473 g/mol. The Morgan fingerprint density at radius 1 is 0.943 bits per heavy atom. The van der Waals surface area contributed by atoms with Crippen molar-refractivity contribution in [3.8, 4) is 23.0 Å². The average Bonchev–Trinajstić information content (AvgIpc) is 3.25. The van der Waals surface area contributed by atoms with Crippen LogP contribution >= 0.6 is 0 Å². The molecule has 3 aromatic carbocycles. The van der Waals surface area contributed by atoms with E-state index in [-0.39, 0.29) is 17.3 Å². The Morgan fingerprint density at radius 2 is 1.71 bits per heavy atom. The summed E-state index contributed by atoms with van der Waals surface area (Å²) in [5.41, 5.74) is 1.75. The summed E-state index contributed by atoms with van der Waals surface area (Å²) < 4.78 is 26.9. The lowest BCUT2D eigenvalue weighted by Crippen LogP contribution is -2.09. The summed E-state index contributed by atoms with van der Waals surface area (Å²) in [4.78, 5) is 29.3. The molecule has 8 nitrogen and oxygen atoms in total. The first-order valence-electron chi connectivity index (χ1n) is 10.8. The first kappa shape index (κ1) is 23.6. The van der Waals surface area contributed by atoms with Gasteiger partial charge in [0.1, 0.15) is 11.5 Å². The summed E-state index contributed by atoms with van der Waals surface area (Å²) in [6.07, 6.45) is 1.58. The molecular formula is C27H23NO7. The van der Waals surface area contributed by atoms with Crippen molar-refractivity contribution in [2.75, 3.05) is 20.8 Å². The van der Waals surface area contributed by atoms with Crippen LogP contribution in [0.1, 0.15) is 28.4 Å². The Labute approximate surface area is 202 Å². The molecule has 0 spiro atoms. The number of rotatable bonds is 8. The van der Waals surface area contributed by atoms with Gasteiger partial charge in [-0.05, 0) is 73.2 Å². The highest BCUT2D eigenvalue weighted by atomic mass is 16.6. The van der Waals surface area contributed by atoms with Crippen molar-refractivity contribution in [3.63, 3.8) is 0 Å². The first-order chi connectivity index (χ1) is 17.0. The number of aliphatic imine (C=N–C) groups is 1. The average molecular weight is 473 g/mol. The van der Waals surface area contributed by atoms with Crippen LogP contribution in [0.4, 0.5) is 0 Å². The number of ether oxygens (including phenoxy) is 5. The number of benzene rings is 3. The Kier molecular flexibility index (Phi) is 7.11. The molecule has 1 aliphatic heterocycles. The molecule has 0 fully saturated rings. The fourth-order valence-corrected chi connectivity index (χ4v) is 3.30. The van der Waals surface area contributed by atoms with Crippen molar-refractivity contribution >= 4 is 23.9 Å². The van der Waals surface area contributed by atoms with Gasteiger partial charge < -0.3 is 23.7 Å². The molecule has 0 aromatic heterocycles. The fourth-order valence-electron chi connectivity index (χ4n) is 3.30. The van der Waals surface area contributed by atoms with E-state index in [1.165, 1.54) is 0 Å². The van der Waals surface area contributed by atoms with Crippen LogP contribution in [-0.2, 0) is 9.53 Å². The maximum atomic E-state index is 12.6. The molecule has 0 amide bonds. The topological polar surface area (TPSA) is 92.6 Å². The predicted molar refractivity (Wildman–Crippen MR) is 129 cm³/mol. The van der Waals surface area contributed by atoms with Gasteiger partial charge in [-0.3, -0.25) is 0 Å². The van der Waals surface area contributed by atoms with E-state index in [1.807, 2.05) is 6.92 Å². The summed E-state index contributed by atoms with van der Waals surface area (Å²) in [7, 11) is 3.11. The summed E-state index contributed by atoms with van der Waals surface area (Å²) in [5, 5.41) is 0. The van der Waals surface area contributed by atoms with Gasteiger partial charge in [-0.25, -0.2) is 14.6 Å². The largest absolute Gasteiger partial charge is 0.497 e. The quantitative estimate of drug-likeness (QED) is 0.267. The van der Waals surface area contributed by atoms with E-state index >= 15 is 0 Å². The second-order valence-electron chi connectivity index (χ2n) is 7.33. The predicted octanol–water partition coefficient (Wildman–Crippen LogP) is 4.67. The third-order valence-electron chi connectivity index (χ3n) is 5.04. The molecule has 0 atom stereocenters. The molecule has 0 N–H and O–H groups in total. The Balaban J connectivity index is 1.57. The smallest absolute Gasteiger partial charge is 0.363 e. The standard InChI is InChI=1S/C27H23NO7/c1-4-33-24-15-17(8-13-23(24)34-26(29)18-9-11-20(31-2)12-10-18)14-22-27(30)35-25(28-22)19-6-5-7-21(16-19)32-3/h5-16H,4H2,1-3H3/b22-14-. The number of carbonyl (C=O) groups is 2. The molecule has 0 unspecified atom stereocenters. The van der Waals surface area contributed by atoms with Crippen molar-refractivity contribution in [2.24, 2.45) is 4.99 Å². The molecule has 4 rings (SSSR count). The molecule has 1 aliphatic rings. The molecule has 1 heterocycles. The Morgan fingerprint density at radius 3 is 2.43 bits per heavy atom. The van der Waals surface area contributed by atoms with E-state index in [9.17, 15) is 9.59 Å². The van der Waals surface area contributed by atoms with Crippen LogP contribution < -0.4 is 18.9 Å². The van der Waals surface area contributed by atoms with Crippen molar-refractivity contribution in [3.05, 3.63) is 89.1 Å². The van der Waals surface area contributed by atoms with Crippen molar-refractivity contribution in [1.82, 2.24) is 0 Å². The summed E-state index contributed by atoms with van der Waals surface area (Å²) in [6.45, 7) is 2.17. The zero-order valence-electron chi connectivity index (χ0n) is 19.4. The van der Waals surface area contributed by atoms with E-state index in [0.717, 1.165) is 0 Å². The lowest BCUT2D eigenvalue weighted by molar-refractivity contribution is -0.129. The number of hydrogen-bond acceptors (Lipinski definition) is 8. The minimum absolute atomic E-state index is 0.133. The highest BCUT2D eigenvalue weighted by Gasteiger charge is 2.24. The van der Waals surface area contributed by atoms with Gasteiger partial charge in [-0.1, -0.05) is 12.1 Å². The van der Waals surface area contributed by atoms with E-state index in [4.69, 9.17) is 23.7 Å². The Bertz CT molecular complexity index is 1310. The van der Waals surface area contributed by atoms with Crippen LogP contribution in [0.15, 0.2) is 77.4 Å². The number of cyclic esters (lactones) is 1. The zero-order valence-corrected chi connectivity index (χ0v) is 19.4. The van der Waals surface area contributed by atoms with E-state index in [2.05, 4.69) is 4.99 Å². The maximum absolute atomic E-state index is 12.6. The normalized spacial score (nSPS) is 13.7. The van der Waals surface area contributed by atoms with Gasteiger partial charge in [0.05, 0.1) is 26.4 Å². The molecule has 8 heteroatoms. The second-order valence-corrected chi connectivity index (χ2v) is 7.33. The summed E-state index contributed by atoms with van der Waals surface area (Å²) in [6, 6.07) is 18.6. The molecule has 35 heavy (non-hydrogen) atoms. The molecule has 178 valence electrons. The minimum atomic E-state index is -0.573. The van der Waals surface area contributed by atoms with Crippen molar-refractivity contribution < 1.29 is 33.3 Å². The number of methoxy groups -OCH3 is 2. The van der Waals surface area contributed by atoms with Gasteiger partial charge >= 0.3 is 11.9 Å². The summed E-state index contributed by atoms with van der Waals surface area (Å²) >= 11 is 0. The highest BCUT2D eigenvalue weighted by Crippen LogP contribution is 2.31. The Hall–Kier alpha value is -4.59. The molecule has 0 radical (unpaired) electrons. The lowest BCUT2D eigenvalue weighted by Gasteiger charge is -2.11. The molecular weight excluding hydrogens is 450 g/mol. The number of hydrogen-bond donors (Lipinski definition) is 0. The fraction of sp³-hybridized carbons (Fsp3) is 0.148. The van der Waals surface area contributed by atoms with Crippen LogP contribution in [0.3, 0.4) is 0 Å². The molecule has 0 saturated heterocycles. The van der Waals surface area contributed by atoms with Crippen LogP contribution in [0, 0.1) is 0 Å². The van der Waals surface area contributed by atoms with Gasteiger partial charge in [0.25, 0.3) is 0 Å². The van der Waals surface area contributed by atoms with Crippen molar-refractivity contribution in [1.29, 1.82) is 0 Å². The summed E-state index contributed by atoms with van der Waals surface area (Å²) in [5.74, 6) is 0.950. The first-order valence-corrected chi connectivity index (χ1v) is 10.8. The van der Waals surface area contributed by atoms with Crippen LogP contribution in [0.25, 0.3) is 6.08 Å². The molecule has 3 aromatic rings. The van der Waals surface area contributed by atoms with Gasteiger partial charge in [-0.15, -0.1) is 0 Å². The SMILES string of the molecule is CCOc1cc(/C=C2\N=C(c3cccc(OC)c3)OC2=O)ccc1OC(=O)c1ccc(OC)cc1. The number of nitrogens with zero attached hydrogens (tertiary/aromatic N) is 1. The zero-order chi connectivity index (χ0) is 24.8. The molecule has 0 aliphatic carbocycles. The molecule has 0 saturated carbocycles. The van der Waals surface area contributed by atoms with Crippen LogP contribution in [0.2, 0.25) is 0 Å². The maximum Gasteiger partial charge on any atom is 0.363 e. The van der Waals surface area contributed by atoms with E-state index in [0.29, 0.717) is 40.5 Å². The minimum Gasteiger partial charge on any atom is -0.497 e. The van der Waals surface area contributed by atoms with Gasteiger partial charge in [0, 0.05) is 5.56 Å². The third-order valence-corrected chi connectivity index (χ3v) is 5.04.